The normalized spacial score (nSPS) is 13.2. The summed E-state index contributed by atoms with van der Waals surface area (Å²) in [7, 11) is -3.78. The molecule has 5 nitrogen and oxygen atoms in total. The summed E-state index contributed by atoms with van der Waals surface area (Å²) in [5, 5.41) is 10.9. The summed E-state index contributed by atoms with van der Waals surface area (Å²) in [5.41, 5.74) is 1.56. The average molecular weight is 434 g/mol. The Bertz CT molecular complexity index is 855. The first kappa shape index (κ1) is 24.4. The highest BCUT2D eigenvalue weighted by Gasteiger charge is 2.29. The number of anilines is 1. The number of benzene rings is 2. The van der Waals surface area contributed by atoms with Crippen LogP contribution in [0.1, 0.15) is 33.3 Å². The summed E-state index contributed by atoms with van der Waals surface area (Å²) >= 11 is 0. The minimum absolute atomic E-state index is 0.0277. The van der Waals surface area contributed by atoms with E-state index in [9.17, 15) is 13.5 Å². The number of nitrogens with zero attached hydrogens (tertiary/aromatic N) is 1. The zero-order chi connectivity index (χ0) is 22.3. The Morgan fingerprint density at radius 1 is 0.867 bits per heavy atom. The van der Waals surface area contributed by atoms with Gasteiger partial charge in [0.05, 0.1) is 30.2 Å². The van der Waals surface area contributed by atoms with E-state index in [1.165, 1.54) is 9.21 Å². The Hall–Kier alpha value is -1.89. The maximum Gasteiger partial charge on any atom is 0.264 e. The molecular formula is C24H37N2O3S+. The zero-order valence-electron chi connectivity index (χ0n) is 18.9. The Morgan fingerprint density at radius 2 is 1.40 bits per heavy atom. The van der Waals surface area contributed by atoms with Crippen molar-refractivity contribution in [1.29, 1.82) is 0 Å². The maximum atomic E-state index is 13.4. The van der Waals surface area contributed by atoms with Crippen molar-refractivity contribution in [3.05, 3.63) is 60.2 Å². The largest absolute Gasteiger partial charge is 0.385 e. The molecule has 1 atom stereocenters. The molecule has 0 spiro atoms. The number of para-hydroxylation sites is 1. The van der Waals surface area contributed by atoms with Gasteiger partial charge in [0.2, 0.25) is 0 Å². The molecule has 0 heterocycles. The molecule has 0 fully saturated rings. The van der Waals surface area contributed by atoms with Crippen molar-refractivity contribution in [2.45, 2.75) is 45.6 Å². The SMILES string of the molecule is Cc1ccc(S(=O)(=O)N(CC(O)C[NH+](CC(C)C)CC(C)C)c2ccccc2)cc1. The number of quaternary nitrogens is 1. The fourth-order valence-corrected chi connectivity index (χ4v) is 5.27. The molecule has 0 bridgehead atoms. The summed E-state index contributed by atoms with van der Waals surface area (Å²) in [6.07, 6.45) is -0.766. The summed E-state index contributed by atoms with van der Waals surface area (Å²) < 4.78 is 28.2. The van der Waals surface area contributed by atoms with E-state index in [1.54, 1.807) is 36.4 Å². The van der Waals surface area contributed by atoms with Gasteiger partial charge >= 0.3 is 0 Å². The molecule has 2 aromatic carbocycles. The van der Waals surface area contributed by atoms with Crippen molar-refractivity contribution < 1.29 is 18.4 Å². The number of nitrogens with one attached hydrogen (secondary N) is 1. The Kier molecular flexibility index (Phi) is 8.89. The molecule has 0 amide bonds. The van der Waals surface area contributed by atoms with Gasteiger partial charge in [0, 0.05) is 11.8 Å². The van der Waals surface area contributed by atoms with Crippen molar-refractivity contribution >= 4 is 15.7 Å². The van der Waals surface area contributed by atoms with Crippen LogP contribution < -0.4 is 9.21 Å². The second kappa shape index (κ2) is 10.9. The highest BCUT2D eigenvalue weighted by atomic mass is 32.2. The predicted molar refractivity (Wildman–Crippen MR) is 123 cm³/mol. The number of rotatable bonds is 11. The van der Waals surface area contributed by atoms with Gasteiger partial charge in [0.15, 0.2) is 0 Å². The van der Waals surface area contributed by atoms with Crippen LogP contribution in [0.25, 0.3) is 0 Å². The first-order valence-corrected chi connectivity index (χ1v) is 12.2. The van der Waals surface area contributed by atoms with Crippen LogP contribution >= 0.6 is 0 Å². The van der Waals surface area contributed by atoms with E-state index in [0.717, 1.165) is 18.7 Å². The van der Waals surface area contributed by atoms with Gasteiger partial charge in [-0.05, 0) is 31.2 Å². The van der Waals surface area contributed by atoms with E-state index in [-0.39, 0.29) is 11.4 Å². The second-order valence-electron chi connectivity index (χ2n) is 8.99. The van der Waals surface area contributed by atoms with Gasteiger partial charge < -0.3 is 10.0 Å². The molecule has 0 saturated heterocycles. The highest BCUT2D eigenvalue weighted by Crippen LogP contribution is 2.24. The van der Waals surface area contributed by atoms with Crippen molar-refractivity contribution in [2.24, 2.45) is 11.8 Å². The van der Waals surface area contributed by atoms with Crippen molar-refractivity contribution in [1.82, 2.24) is 0 Å². The van der Waals surface area contributed by atoms with Gasteiger partial charge in [-0.3, -0.25) is 4.31 Å². The third kappa shape index (κ3) is 7.11. The molecule has 1 unspecified atom stereocenters. The van der Waals surface area contributed by atoms with Crippen LogP contribution in [0, 0.1) is 18.8 Å². The fraction of sp³-hybridized carbons (Fsp3) is 0.500. The number of aliphatic hydroxyl groups is 1. The third-order valence-corrected chi connectivity index (χ3v) is 6.76. The van der Waals surface area contributed by atoms with Crippen LogP contribution in [0.5, 0.6) is 0 Å². The molecular weight excluding hydrogens is 396 g/mol. The fourth-order valence-electron chi connectivity index (χ4n) is 3.77. The van der Waals surface area contributed by atoms with Gasteiger partial charge in [-0.15, -0.1) is 0 Å². The predicted octanol–water partition coefficient (Wildman–Crippen LogP) is 2.75. The van der Waals surface area contributed by atoms with Gasteiger partial charge in [-0.1, -0.05) is 63.6 Å². The number of aryl methyl sites for hydroxylation is 1. The van der Waals surface area contributed by atoms with Crippen LogP contribution in [0.4, 0.5) is 5.69 Å². The molecule has 0 aliphatic heterocycles. The molecule has 0 saturated carbocycles. The third-order valence-electron chi connectivity index (χ3n) is 4.95. The van der Waals surface area contributed by atoms with E-state index in [2.05, 4.69) is 27.7 Å². The van der Waals surface area contributed by atoms with Crippen molar-refractivity contribution in [3.8, 4) is 0 Å². The number of sulfonamides is 1. The van der Waals surface area contributed by atoms with Gasteiger partial charge in [-0.2, -0.15) is 0 Å². The molecule has 30 heavy (non-hydrogen) atoms. The molecule has 0 aliphatic rings. The molecule has 6 heteroatoms. The lowest BCUT2D eigenvalue weighted by molar-refractivity contribution is -0.909. The number of hydrogen-bond acceptors (Lipinski definition) is 3. The molecule has 0 aliphatic carbocycles. The first-order chi connectivity index (χ1) is 14.1. The van der Waals surface area contributed by atoms with Crippen LogP contribution in [-0.4, -0.2) is 45.8 Å². The van der Waals surface area contributed by atoms with Gasteiger partial charge in [0.1, 0.15) is 12.6 Å². The highest BCUT2D eigenvalue weighted by molar-refractivity contribution is 7.92. The Balaban J connectivity index is 2.28. The number of hydrogen-bond donors (Lipinski definition) is 2. The van der Waals surface area contributed by atoms with Crippen LogP contribution in [0.3, 0.4) is 0 Å². The number of aliphatic hydroxyl groups excluding tert-OH is 1. The zero-order valence-corrected chi connectivity index (χ0v) is 19.7. The maximum absolute atomic E-state index is 13.4. The molecule has 0 aromatic heterocycles. The van der Waals surface area contributed by atoms with Gasteiger partial charge in [-0.25, -0.2) is 8.42 Å². The van der Waals surface area contributed by atoms with Crippen LogP contribution in [0.15, 0.2) is 59.5 Å². The molecule has 2 rings (SSSR count). The molecule has 2 aromatic rings. The van der Waals surface area contributed by atoms with Crippen molar-refractivity contribution in [3.63, 3.8) is 0 Å². The minimum atomic E-state index is -3.78. The molecule has 2 N–H and O–H groups in total. The molecule has 166 valence electrons. The van der Waals surface area contributed by atoms with Gasteiger partial charge in [0.25, 0.3) is 10.0 Å². The topological polar surface area (TPSA) is 62.0 Å². The van der Waals surface area contributed by atoms with E-state index >= 15 is 0 Å². The smallest absolute Gasteiger partial charge is 0.264 e. The molecule has 0 radical (unpaired) electrons. The van der Waals surface area contributed by atoms with E-state index in [0.29, 0.717) is 24.1 Å². The second-order valence-corrected chi connectivity index (χ2v) is 10.9. The Morgan fingerprint density at radius 3 is 1.90 bits per heavy atom. The lowest BCUT2D eigenvalue weighted by Gasteiger charge is -2.30. The van der Waals surface area contributed by atoms with Crippen LogP contribution in [0.2, 0.25) is 0 Å². The summed E-state index contributed by atoms with van der Waals surface area (Å²) in [6, 6.07) is 15.9. The quantitative estimate of drug-likeness (QED) is 0.573. The lowest BCUT2D eigenvalue weighted by atomic mass is 10.1. The summed E-state index contributed by atoms with van der Waals surface area (Å²) in [6.45, 7) is 13.1. The van der Waals surface area contributed by atoms with Crippen LogP contribution in [-0.2, 0) is 10.0 Å². The van der Waals surface area contributed by atoms with E-state index in [4.69, 9.17) is 0 Å². The van der Waals surface area contributed by atoms with E-state index < -0.39 is 16.1 Å². The van der Waals surface area contributed by atoms with Crippen molar-refractivity contribution in [2.75, 3.05) is 30.5 Å². The summed E-state index contributed by atoms with van der Waals surface area (Å²) in [4.78, 5) is 1.53. The monoisotopic (exact) mass is 433 g/mol. The minimum Gasteiger partial charge on any atom is -0.385 e. The first-order valence-electron chi connectivity index (χ1n) is 10.8. The average Bonchev–Trinajstić information content (AvgIpc) is 2.66. The Labute approximate surface area is 182 Å². The standard InChI is InChI=1S/C24H36N2O3S/c1-19(2)15-25(16-20(3)4)17-23(27)18-26(22-9-7-6-8-10-22)30(28,29)24-13-11-21(5)12-14-24/h6-14,19-20,23,27H,15-18H2,1-5H3/p+1. The lowest BCUT2D eigenvalue weighted by Crippen LogP contribution is -3.14. The van der Waals surface area contributed by atoms with E-state index in [1.807, 2.05) is 25.1 Å². The summed E-state index contributed by atoms with van der Waals surface area (Å²) in [5.74, 6) is 1.01.